The monoisotopic (exact) mass is 396 g/mol. The van der Waals surface area contributed by atoms with E-state index in [1.807, 2.05) is 6.92 Å². The number of aliphatic carboxylic acids is 1. The van der Waals surface area contributed by atoms with Crippen LogP contribution >= 0.6 is 0 Å². The molecule has 1 amide bonds. The quantitative estimate of drug-likeness (QED) is 0.260. The van der Waals surface area contributed by atoms with Crippen molar-refractivity contribution < 1.29 is 29.5 Å². The summed E-state index contributed by atoms with van der Waals surface area (Å²) in [5, 5.41) is 30.8. The predicted molar refractivity (Wildman–Crippen MR) is 101 cm³/mol. The topological polar surface area (TPSA) is 138 Å². The third-order valence-corrected chi connectivity index (χ3v) is 4.59. The molecule has 2 aromatic rings. The lowest BCUT2D eigenvalue weighted by Crippen LogP contribution is -2.34. The number of rotatable bonds is 5. The van der Waals surface area contributed by atoms with Gasteiger partial charge in [0.1, 0.15) is 12.3 Å². The van der Waals surface area contributed by atoms with E-state index in [4.69, 9.17) is 5.11 Å². The van der Waals surface area contributed by atoms with Gasteiger partial charge in [-0.25, -0.2) is 0 Å². The molecule has 9 nitrogen and oxygen atoms in total. The highest BCUT2D eigenvalue weighted by Gasteiger charge is 2.46. The zero-order valence-electron chi connectivity index (χ0n) is 15.2. The van der Waals surface area contributed by atoms with E-state index in [0.29, 0.717) is 0 Å². The molecule has 1 saturated heterocycles. The number of aliphatic hydroxyl groups is 1. The van der Waals surface area contributed by atoms with Gasteiger partial charge in [-0.3, -0.25) is 24.5 Å². The molecular formula is C20H16N2O7. The third-order valence-electron chi connectivity index (χ3n) is 4.59. The van der Waals surface area contributed by atoms with Gasteiger partial charge in [-0.15, -0.1) is 0 Å². The van der Waals surface area contributed by atoms with Crippen molar-refractivity contribution in [2.45, 2.75) is 13.0 Å². The fourth-order valence-electron chi connectivity index (χ4n) is 3.18. The van der Waals surface area contributed by atoms with Gasteiger partial charge < -0.3 is 15.1 Å². The van der Waals surface area contributed by atoms with E-state index in [1.165, 1.54) is 24.3 Å². The van der Waals surface area contributed by atoms with Crippen LogP contribution in [0, 0.1) is 17.0 Å². The van der Waals surface area contributed by atoms with Crippen molar-refractivity contribution in [3.8, 4) is 0 Å². The lowest BCUT2D eigenvalue weighted by atomic mass is 9.95. The number of ketones is 1. The number of aliphatic hydroxyl groups excluding tert-OH is 1. The van der Waals surface area contributed by atoms with Crippen LogP contribution in [0.5, 0.6) is 0 Å². The van der Waals surface area contributed by atoms with Gasteiger partial charge in [-0.05, 0) is 24.6 Å². The first-order valence-electron chi connectivity index (χ1n) is 8.52. The van der Waals surface area contributed by atoms with Crippen molar-refractivity contribution in [2.24, 2.45) is 0 Å². The van der Waals surface area contributed by atoms with Crippen LogP contribution in [0.25, 0.3) is 5.76 Å². The van der Waals surface area contributed by atoms with E-state index >= 15 is 0 Å². The summed E-state index contributed by atoms with van der Waals surface area (Å²) in [4.78, 5) is 47.4. The molecule has 1 aliphatic heterocycles. The Kier molecular flexibility index (Phi) is 5.14. The third kappa shape index (κ3) is 3.70. The maximum absolute atomic E-state index is 12.6. The summed E-state index contributed by atoms with van der Waals surface area (Å²) in [5.74, 6) is -3.87. The Morgan fingerprint density at radius 3 is 2.17 bits per heavy atom. The molecule has 0 aliphatic carbocycles. The Morgan fingerprint density at radius 2 is 1.66 bits per heavy atom. The zero-order valence-corrected chi connectivity index (χ0v) is 15.2. The number of carboxylic acid groups (broad SMARTS) is 1. The number of nitro groups is 1. The molecule has 0 saturated carbocycles. The molecule has 0 aromatic heterocycles. The maximum Gasteiger partial charge on any atom is 0.323 e. The summed E-state index contributed by atoms with van der Waals surface area (Å²) >= 11 is 0. The fraction of sp³-hybridized carbons (Fsp3) is 0.150. The van der Waals surface area contributed by atoms with E-state index in [-0.39, 0.29) is 22.4 Å². The number of carbonyl (C=O) groups excluding carboxylic acids is 2. The summed E-state index contributed by atoms with van der Waals surface area (Å²) in [6.45, 7) is 1.07. The van der Waals surface area contributed by atoms with Gasteiger partial charge in [0, 0.05) is 17.7 Å². The number of Topliss-reactive ketones (excluding diaryl/α,β-unsaturated/α-hetero) is 1. The number of carbonyl (C=O) groups is 3. The van der Waals surface area contributed by atoms with Crippen LogP contribution in [-0.2, 0) is 14.4 Å². The molecule has 0 bridgehead atoms. The summed E-state index contributed by atoms with van der Waals surface area (Å²) in [7, 11) is 0. The van der Waals surface area contributed by atoms with Crippen molar-refractivity contribution >= 4 is 29.1 Å². The molecule has 1 atom stereocenters. The van der Waals surface area contributed by atoms with E-state index in [2.05, 4.69) is 0 Å². The zero-order chi connectivity index (χ0) is 21.3. The Bertz CT molecular complexity index is 1040. The number of nitrogens with zero attached hydrogens (tertiary/aromatic N) is 2. The minimum absolute atomic E-state index is 0.206. The summed E-state index contributed by atoms with van der Waals surface area (Å²) in [5.41, 5.74) is 0.997. The van der Waals surface area contributed by atoms with Gasteiger partial charge in [0.05, 0.1) is 16.5 Å². The van der Waals surface area contributed by atoms with Crippen molar-refractivity contribution in [1.29, 1.82) is 0 Å². The lowest BCUT2D eigenvalue weighted by molar-refractivity contribution is -0.384. The first-order valence-corrected chi connectivity index (χ1v) is 8.52. The normalized spacial score (nSPS) is 18.1. The van der Waals surface area contributed by atoms with Crippen LogP contribution in [-0.4, -0.2) is 44.2 Å². The molecule has 9 heteroatoms. The van der Waals surface area contributed by atoms with E-state index in [9.17, 15) is 29.6 Å². The van der Waals surface area contributed by atoms with Crippen LogP contribution in [0.15, 0.2) is 54.1 Å². The highest BCUT2D eigenvalue weighted by Crippen LogP contribution is 2.39. The van der Waals surface area contributed by atoms with Crippen LogP contribution < -0.4 is 0 Å². The van der Waals surface area contributed by atoms with Crippen LogP contribution in [0.3, 0.4) is 0 Å². The molecule has 2 aromatic carbocycles. The predicted octanol–water partition coefficient (Wildman–Crippen LogP) is 2.41. The standard InChI is InChI=1S/C20H16N2O7/c1-11-2-4-13(5-3-11)18(25)16-17(12-6-8-14(9-7-12)22(28)29)21(10-15(23)24)20(27)19(16)26/h2-9,17,25H,10H2,1H3,(H,23,24)/t17-/m0/s1. The summed E-state index contributed by atoms with van der Waals surface area (Å²) < 4.78 is 0. The molecule has 0 unspecified atom stereocenters. The summed E-state index contributed by atoms with van der Waals surface area (Å²) in [6.07, 6.45) is 0. The van der Waals surface area contributed by atoms with Gasteiger partial charge in [0.2, 0.25) is 0 Å². The number of carboxylic acids is 1. The SMILES string of the molecule is Cc1ccc(C(O)=C2C(=O)C(=O)N(CC(=O)O)[C@H]2c2ccc([N+](=O)[O-])cc2)cc1. The number of hydrogen-bond acceptors (Lipinski definition) is 6. The van der Waals surface area contributed by atoms with E-state index in [0.717, 1.165) is 10.5 Å². The molecule has 1 heterocycles. The molecule has 148 valence electrons. The Morgan fingerprint density at radius 1 is 1.07 bits per heavy atom. The second-order valence-electron chi connectivity index (χ2n) is 6.54. The van der Waals surface area contributed by atoms with E-state index < -0.39 is 40.9 Å². The minimum Gasteiger partial charge on any atom is -0.507 e. The van der Waals surface area contributed by atoms with Gasteiger partial charge in [-0.1, -0.05) is 29.8 Å². The Balaban J connectivity index is 2.18. The maximum atomic E-state index is 12.6. The second kappa shape index (κ2) is 7.55. The highest BCUT2D eigenvalue weighted by atomic mass is 16.6. The number of nitro benzene ring substituents is 1. The van der Waals surface area contributed by atoms with E-state index in [1.54, 1.807) is 24.3 Å². The number of hydrogen-bond donors (Lipinski definition) is 2. The van der Waals surface area contributed by atoms with Crippen LogP contribution in [0.2, 0.25) is 0 Å². The molecular weight excluding hydrogens is 380 g/mol. The number of likely N-dealkylation sites (tertiary alicyclic amines) is 1. The fourth-order valence-corrected chi connectivity index (χ4v) is 3.18. The van der Waals surface area contributed by atoms with Gasteiger partial charge in [0.25, 0.3) is 17.4 Å². The Hall–Kier alpha value is -4.01. The second-order valence-corrected chi connectivity index (χ2v) is 6.54. The number of amides is 1. The van der Waals surface area contributed by atoms with Crippen molar-refractivity contribution in [2.75, 3.05) is 6.54 Å². The first kappa shape index (κ1) is 19.7. The number of aryl methyl sites for hydroxylation is 1. The molecule has 0 radical (unpaired) electrons. The van der Waals surface area contributed by atoms with Gasteiger partial charge in [0.15, 0.2) is 0 Å². The molecule has 1 fully saturated rings. The number of benzene rings is 2. The average Bonchev–Trinajstić information content (AvgIpc) is 2.92. The summed E-state index contributed by atoms with van der Waals surface area (Å²) in [6, 6.07) is 10.4. The molecule has 3 rings (SSSR count). The molecule has 29 heavy (non-hydrogen) atoms. The first-order chi connectivity index (χ1) is 13.7. The average molecular weight is 396 g/mol. The minimum atomic E-state index is -1.34. The van der Waals surface area contributed by atoms with Crippen molar-refractivity contribution in [3.05, 3.63) is 80.9 Å². The van der Waals surface area contributed by atoms with Crippen molar-refractivity contribution in [1.82, 2.24) is 4.90 Å². The lowest BCUT2D eigenvalue weighted by Gasteiger charge is -2.23. The van der Waals surface area contributed by atoms with Crippen LogP contribution in [0.4, 0.5) is 5.69 Å². The molecule has 0 spiro atoms. The Labute approximate surface area is 164 Å². The number of non-ortho nitro benzene ring substituents is 1. The highest BCUT2D eigenvalue weighted by molar-refractivity contribution is 6.46. The van der Waals surface area contributed by atoms with Gasteiger partial charge >= 0.3 is 5.97 Å². The largest absolute Gasteiger partial charge is 0.507 e. The smallest absolute Gasteiger partial charge is 0.323 e. The molecule has 2 N–H and O–H groups in total. The molecule has 1 aliphatic rings. The van der Waals surface area contributed by atoms with Gasteiger partial charge in [-0.2, -0.15) is 0 Å². The van der Waals surface area contributed by atoms with Crippen LogP contribution in [0.1, 0.15) is 22.7 Å². The van der Waals surface area contributed by atoms with Crippen molar-refractivity contribution in [3.63, 3.8) is 0 Å².